The van der Waals surface area contributed by atoms with Gasteiger partial charge in [0.05, 0.1) is 13.2 Å². The molecule has 1 aromatic carbocycles. The van der Waals surface area contributed by atoms with Crippen molar-refractivity contribution in [2.75, 3.05) is 6.61 Å². The second kappa shape index (κ2) is 8.47. The number of ether oxygens (including phenoxy) is 2. The van der Waals surface area contributed by atoms with Crippen LogP contribution >= 0.6 is 0 Å². The fraction of sp³-hybridized carbons (Fsp3) is 0.684. The van der Waals surface area contributed by atoms with Crippen molar-refractivity contribution in [1.29, 1.82) is 0 Å². The Morgan fingerprint density at radius 3 is 2.19 bits per heavy atom. The van der Waals surface area contributed by atoms with Crippen molar-refractivity contribution in [3.05, 3.63) is 35.9 Å². The molecule has 7 heteroatoms. The maximum Gasteiger partial charge on any atom is 0.192 e. The van der Waals surface area contributed by atoms with E-state index in [1.807, 2.05) is 30.3 Å². The molecule has 1 saturated heterocycles. The third kappa shape index (κ3) is 5.13. The molecule has 3 unspecified atom stereocenters. The smallest absolute Gasteiger partial charge is 0.192 e. The van der Waals surface area contributed by atoms with E-state index in [2.05, 4.69) is 33.9 Å². The van der Waals surface area contributed by atoms with Gasteiger partial charge in [-0.1, -0.05) is 51.1 Å². The van der Waals surface area contributed by atoms with Crippen LogP contribution in [-0.2, 0) is 20.5 Å². The van der Waals surface area contributed by atoms with E-state index in [1.165, 1.54) is 0 Å². The van der Waals surface area contributed by atoms with Crippen molar-refractivity contribution < 1.29 is 29.2 Å². The summed E-state index contributed by atoms with van der Waals surface area (Å²) in [7, 11) is -2.03. The first-order chi connectivity index (χ1) is 12.0. The zero-order valence-electron chi connectivity index (χ0n) is 16.3. The second-order valence-corrected chi connectivity index (χ2v) is 13.2. The SMILES string of the molecule is CC(C)(C)[Si](C)(C)OCC1OC(OCc2ccccc2)C(O)[C@@H](O)[C@@H]1O. The molecule has 1 aromatic rings. The van der Waals surface area contributed by atoms with E-state index in [9.17, 15) is 15.3 Å². The zero-order chi connectivity index (χ0) is 19.5. The fourth-order valence-electron chi connectivity index (χ4n) is 2.45. The quantitative estimate of drug-likeness (QED) is 0.651. The van der Waals surface area contributed by atoms with E-state index >= 15 is 0 Å². The maximum absolute atomic E-state index is 10.3. The Morgan fingerprint density at radius 1 is 1.00 bits per heavy atom. The molecule has 6 nitrogen and oxygen atoms in total. The van der Waals surface area contributed by atoms with E-state index in [0.717, 1.165) is 5.56 Å². The lowest BCUT2D eigenvalue weighted by atomic mass is 9.99. The second-order valence-electron chi connectivity index (χ2n) is 8.38. The Balaban J connectivity index is 1.98. The molecule has 2 rings (SSSR count). The first-order valence-corrected chi connectivity index (χ1v) is 11.9. The van der Waals surface area contributed by atoms with Crippen LogP contribution in [0.3, 0.4) is 0 Å². The molecular formula is C19H32O6Si. The molecule has 5 atom stereocenters. The number of rotatable bonds is 6. The third-order valence-corrected chi connectivity index (χ3v) is 9.84. The minimum absolute atomic E-state index is 0.0218. The van der Waals surface area contributed by atoms with E-state index in [4.69, 9.17) is 13.9 Å². The average molecular weight is 385 g/mol. The summed E-state index contributed by atoms with van der Waals surface area (Å²) in [5, 5.41) is 30.6. The van der Waals surface area contributed by atoms with Gasteiger partial charge in [0.2, 0.25) is 0 Å². The highest BCUT2D eigenvalue weighted by Crippen LogP contribution is 2.37. The number of benzene rings is 1. The lowest BCUT2D eigenvalue weighted by Gasteiger charge is -2.42. The van der Waals surface area contributed by atoms with Crippen LogP contribution in [0.4, 0.5) is 0 Å². The van der Waals surface area contributed by atoms with E-state index in [0.29, 0.717) is 0 Å². The van der Waals surface area contributed by atoms with E-state index < -0.39 is 39.0 Å². The Hall–Kier alpha value is -0.803. The summed E-state index contributed by atoms with van der Waals surface area (Å²) in [4.78, 5) is 0. The van der Waals surface area contributed by atoms with Gasteiger partial charge in [0.15, 0.2) is 14.6 Å². The van der Waals surface area contributed by atoms with Crippen LogP contribution in [0.5, 0.6) is 0 Å². The van der Waals surface area contributed by atoms with Crippen LogP contribution in [0.15, 0.2) is 30.3 Å². The molecule has 0 aliphatic carbocycles. The molecule has 0 bridgehead atoms. The molecule has 0 spiro atoms. The Labute approximate surface area is 156 Å². The van der Waals surface area contributed by atoms with Crippen LogP contribution in [-0.4, -0.2) is 60.9 Å². The summed E-state index contributed by atoms with van der Waals surface area (Å²) in [5.41, 5.74) is 0.929. The van der Waals surface area contributed by atoms with E-state index in [1.54, 1.807) is 0 Å². The topological polar surface area (TPSA) is 88.4 Å². The standard InChI is InChI=1S/C19H32O6Si/c1-19(2,3)26(4,5)24-12-14-15(20)16(21)17(22)18(25-14)23-11-13-9-7-6-8-10-13/h6-10,14-18,20-22H,11-12H2,1-5H3/t14?,15-,16+,17?,18?/m1/s1. The normalized spacial score (nSPS) is 30.4. The fourth-order valence-corrected chi connectivity index (χ4v) is 3.47. The van der Waals surface area contributed by atoms with Crippen LogP contribution in [0.2, 0.25) is 18.1 Å². The number of hydrogen-bond acceptors (Lipinski definition) is 6. The van der Waals surface area contributed by atoms with Gasteiger partial charge in [-0.25, -0.2) is 0 Å². The molecule has 0 aromatic heterocycles. The Kier molecular flexibility index (Phi) is 7.01. The van der Waals surface area contributed by atoms with Crippen molar-refractivity contribution in [2.45, 2.75) is 76.2 Å². The Morgan fingerprint density at radius 2 is 1.62 bits per heavy atom. The first-order valence-electron chi connectivity index (χ1n) is 9.02. The summed E-state index contributed by atoms with van der Waals surface area (Å²) >= 11 is 0. The highest BCUT2D eigenvalue weighted by atomic mass is 28.4. The molecule has 0 saturated carbocycles. The monoisotopic (exact) mass is 384 g/mol. The number of aliphatic hydroxyl groups excluding tert-OH is 3. The highest BCUT2D eigenvalue weighted by molar-refractivity contribution is 6.74. The summed E-state index contributed by atoms with van der Waals surface area (Å²) < 4.78 is 17.5. The molecule has 26 heavy (non-hydrogen) atoms. The number of hydrogen-bond donors (Lipinski definition) is 3. The summed E-state index contributed by atoms with van der Waals surface area (Å²) in [6.45, 7) is 11.0. The van der Waals surface area contributed by atoms with Gasteiger partial charge in [0.1, 0.15) is 24.4 Å². The minimum Gasteiger partial charge on any atom is -0.414 e. The number of aliphatic hydroxyl groups is 3. The average Bonchev–Trinajstić information content (AvgIpc) is 2.58. The molecule has 148 valence electrons. The third-order valence-electron chi connectivity index (χ3n) is 5.34. The zero-order valence-corrected chi connectivity index (χ0v) is 17.3. The summed E-state index contributed by atoms with van der Waals surface area (Å²) in [6.07, 6.45) is -5.69. The van der Waals surface area contributed by atoms with Gasteiger partial charge < -0.3 is 29.2 Å². The van der Waals surface area contributed by atoms with Crippen LogP contribution in [0.1, 0.15) is 26.3 Å². The molecular weight excluding hydrogens is 352 g/mol. The van der Waals surface area contributed by atoms with Crippen LogP contribution < -0.4 is 0 Å². The van der Waals surface area contributed by atoms with Gasteiger partial charge in [-0.05, 0) is 23.7 Å². The molecule has 3 N–H and O–H groups in total. The van der Waals surface area contributed by atoms with E-state index in [-0.39, 0.29) is 18.3 Å². The lowest BCUT2D eigenvalue weighted by Crippen LogP contribution is -2.60. The van der Waals surface area contributed by atoms with Gasteiger partial charge >= 0.3 is 0 Å². The van der Waals surface area contributed by atoms with Gasteiger partial charge in [-0.3, -0.25) is 0 Å². The van der Waals surface area contributed by atoms with Gasteiger partial charge in [0.25, 0.3) is 0 Å². The highest BCUT2D eigenvalue weighted by Gasteiger charge is 2.46. The molecule has 1 heterocycles. The predicted octanol–water partition coefficient (Wildman–Crippen LogP) is 2.03. The summed E-state index contributed by atoms with van der Waals surface area (Å²) in [5.74, 6) is 0. The van der Waals surface area contributed by atoms with Crippen molar-refractivity contribution in [2.24, 2.45) is 0 Å². The maximum atomic E-state index is 10.3. The molecule has 1 aliphatic heterocycles. The first kappa shape index (κ1) is 21.5. The molecule has 1 aliphatic rings. The molecule has 0 amide bonds. The molecule has 1 fully saturated rings. The predicted molar refractivity (Wildman–Crippen MR) is 101 cm³/mol. The Bertz CT molecular complexity index is 559. The van der Waals surface area contributed by atoms with Gasteiger partial charge in [-0.15, -0.1) is 0 Å². The van der Waals surface area contributed by atoms with Crippen molar-refractivity contribution in [1.82, 2.24) is 0 Å². The lowest BCUT2D eigenvalue weighted by molar-refractivity contribution is -0.303. The van der Waals surface area contributed by atoms with Gasteiger partial charge in [0, 0.05) is 0 Å². The largest absolute Gasteiger partial charge is 0.414 e. The van der Waals surface area contributed by atoms with Crippen molar-refractivity contribution >= 4 is 8.32 Å². The van der Waals surface area contributed by atoms with Crippen molar-refractivity contribution in [3.8, 4) is 0 Å². The van der Waals surface area contributed by atoms with Crippen LogP contribution in [0, 0.1) is 0 Å². The molecule has 0 radical (unpaired) electrons. The van der Waals surface area contributed by atoms with Crippen molar-refractivity contribution in [3.63, 3.8) is 0 Å². The van der Waals surface area contributed by atoms with Gasteiger partial charge in [-0.2, -0.15) is 0 Å². The summed E-state index contributed by atoms with van der Waals surface area (Å²) in [6, 6.07) is 9.50. The minimum atomic E-state index is -2.03. The van der Waals surface area contributed by atoms with Crippen LogP contribution in [0.25, 0.3) is 0 Å².